The standard InChI is InChI=1S/C17H26N4O3S/c1-4-18-17(24)20-15(22)12(3)21-9-7-13(8-10-21)19-16(23)14-6-5-11(2)25-14/h5-6,12-13H,4,7-10H2,1-3H3,(H,19,23)(H2,18,20,22,24)/t12-/m0/s1. The molecule has 138 valence electrons. The first-order valence-electron chi connectivity index (χ1n) is 8.60. The first-order valence-corrected chi connectivity index (χ1v) is 9.42. The molecule has 25 heavy (non-hydrogen) atoms. The highest BCUT2D eigenvalue weighted by molar-refractivity contribution is 7.13. The molecule has 0 aromatic carbocycles. The van der Waals surface area contributed by atoms with Crippen LogP contribution < -0.4 is 16.0 Å². The van der Waals surface area contributed by atoms with Crippen molar-refractivity contribution in [2.45, 2.75) is 45.7 Å². The van der Waals surface area contributed by atoms with Gasteiger partial charge in [-0.2, -0.15) is 0 Å². The third kappa shape index (κ3) is 5.54. The molecule has 1 aliphatic heterocycles. The number of carbonyl (C=O) groups is 3. The van der Waals surface area contributed by atoms with Gasteiger partial charge >= 0.3 is 6.03 Å². The van der Waals surface area contributed by atoms with Crippen LogP contribution in [0.1, 0.15) is 41.2 Å². The van der Waals surface area contributed by atoms with E-state index in [2.05, 4.69) is 16.0 Å². The highest BCUT2D eigenvalue weighted by atomic mass is 32.1. The fourth-order valence-corrected chi connectivity index (χ4v) is 3.60. The number of hydrogen-bond donors (Lipinski definition) is 3. The second-order valence-electron chi connectivity index (χ2n) is 6.22. The summed E-state index contributed by atoms with van der Waals surface area (Å²) < 4.78 is 0. The van der Waals surface area contributed by atoms with Crippen LogP contribution in [0.5, 0.6) is 0 Å². The number of rotatable bonds is 5. The van der Waals surface area contributed by atoms with E-state index >= 15 is 0 Å². The molecule has 2 rings (SSSR count). The number of urea groups is 1. The van der Waals surface area contributed by atoms with Crippen molar-refractivity contribution >= 4 is 29.2 Å². The zero-order valence-corrected chi connectivity index (χ0v) is 15.7. The van der Waals surface area contributed by atoms with E-state index in [1.807, 2.05) is 24.0 Å². The van der Waals surface area contributed by atoms with Crippen LogP contribution in [-0.2, 0) is 4.79 Å². The number of aryl methyl sites for hydroxylation is 1. The van der Waals surface area contributed by atoms with Crippen LogP contribution >= 0.6 is 11.3 Å². The van der Waals surface area contributed by atoms with E-state index in [1.54, 1.807) is 13.8 Å². The Hall–Kier alpha value is -1.93. The zero-order chi connectivity index (χ0) is 18.4. The molecule has 4 amide bonds. The molecular formula is C17H26N4O3S. The fourth-order valence-electron chi connectivity index (χ4n) is 2.83. The van der Waals surface area contributed by atoms with Gasteiger partial charge < -0.3 is 10.6 Å². The topological polar surface area (TPSA) is 90.5 Å². The average Bonchev–Trinajstić information content (AvgIpc) is 3.01. The molecule has 2 heterocycles. The predicted octanol–water partition coefficient (Wildman–Crippen LogP) is 1.48. The Bertz CT molecular complexity index is 623. The molecule has 1 aromatic rings. The second-order valence-corrected chi connectivity index (χ2v) is 7.51. The van der Waals surface area contributed by atoms with Crippen molar-refractivity contribution in [2.24, 2.45) is 0 Å². The molecule has 1 aliphatic rings. The molecular weight excluding hydrogens is 340 g/mol. The molecule has 0 aliphatic carbocycles. The van der Waals surface area contributed by atoms with E-state index in [0.29, 0.717) is 19.6 Å². The fraction of sp³-hybridized carbons (Fsp3) is 0.588. The summed E-state index contributed by atoms with van der Waals surface area (Å²) in [7, 11) is 0. The number of carbonyl (C=O) groups excluding carboxylic acids is 3. The lowest BCUT2D eigenvalue weighted by atomic mass is 10.0. The van der Waals surface area contributed by atoms with Crippen LogP contribution in [0.2, 0.25) is 0 Å². The van der Waals surface area contributed by atoms with Crippen LogP contribution in [0.15, 0.2) is 12.1 Å². The van der Waals surface area contributed by atoms with Crippen molar-refractivity contribution in [3.05, 3.63) is 21.9 Å². The maximum atomic E-state index is 12.2. The second kappa shape index (κ2) is 8.96. The Labute approximate surface area is 152 Å². The van der Waals surface area contributed by atoms with Gasteiger partial charge in [0, 0.05) is 30.6 Å². The lowest BCUT2D eigenvalue weighted by Crippen LogP contribution is -2.53. The molecule has 0 unspecified atom stereocenters. The summed E-state index contributed by atoms with van der Waals surface area (Å²) in [5, 5.41) is 7.96. The lowest BCUT2D eigenvalue weighted by Gasteiger charge is -2.35. The average molecular weight is 366 g/mol. The minimum Gasteiger partial charge on any atom is -0.349 e. The highest BCUT2D eigenvalue weighted by Gasteiger charge is 2.28. The van der Waals surface area contributed by atoms with E-state index in [-0.39, 0.29) is 23.9 Å². The van der Waals surface area contributed by atoms with Gasteiger partial charge in [-0.1, -0.05) is 0 Å². The Morgan fingerprint density at radius 1 is 1.28 bits per heavy atom. The van der Waals surface area contributed by atoms with Gasteiger partial charge in [0.15, 0.2) is 0 Å². The van der Waals surface area contributed by atoms with Gasteiger partial charge in [0.05, 0.1) is 10.9 Å². The summed E-state index contributed by atoms with van der Waals surface area (Å²) in [6, 6.07) is 3.06. The number of likely N-dealkylation sites (tertiary alicyclic amines) is 1. The largest absolute Gasteiger partial charge is 0.349 e. The number of thiophene rings is 1. The zero-order valence-electron chi connectivity index (χ0n) is 14.9. The molecule has 1 aromatic heterocycles. The van der Waals surface area contributed by atoms with Crippen LogP contribution in [0.4, 0.5) is 4.79 Å². The van der Waals surface area contributed by atoms with Gasteiger partial charge in [0.2, 0.25) is 5.91 Å². The summed E-state index contributed by atoms with van der Waals surface area (Å²) in [6.45, 7) is 7.46. The minimum absolute atomic E-state index is 0.0291. The molecule has 8 heteroatoms. The van der Waals surface area contributed by atoms with E-state index in [9.17, 15) is 14.4 Å². The number of nitrogens with one attached hydrogen (secondary N) is 3. The van der Waals surface area contributed by atoms with E-state index < -0.39 is 6.03 Å². The third-order valence-corrected chi connectivity index (χ3v) is 5.33. The maximum absolute atomic E-state index is 12.2. The molecule has 1 saturated heterocycles. The Morgan fingerprint density at radius 3 is 2.52 bits per heavy atom. The number of hydrogen-bond acceptors (Lipinski definition) is 5. The first kappa shape index (κ1) is 19.4. The molecule has 1 fully saturated rings. The van der Waals surface area contributed by atoms with Gasteiger partial charge in [-0.15, -0.1) is 11.3 Å². The summed E-state index contributed by atoms with van der Waals surface area (Å²) >= 11 is 1.49. The van der Waals surface area contributed by atoms with Gasteiger partial charge in [-0.25, -0.2) is 4.79 Å². The number of nitrogens with zero attached hydrogens (tertiary/aromatic N) is 1. The number of amides is 4. The molecule has 0 radical (unpaired) electrons. The molecule has 0 spiro atoms. The monoisotopic (exact) mass is 366 g/mol. The van der Waals surface area contributed by atoms with Crippen LogP contribution in [0.3, 0.4) is 0 Å². The summed E-state index contributed by atoms with van der Waals surface area (Å²) in [6.07, 6.45) is 1.57. The van der Waals surface area contributed by atoms with E-state index in [4.69, 9.17) is 0 Å². The Morgan fingerprint density at radius 2 is 1.96 bits per heavy atom. The van der Waals surface area contributed by atoms with E-state index in [1.165, 1.54) is 11.3 Å². The highest BCUT2D eigenvalue weighted by Crippen LogP contribution is 2.17. The quantitative estimate of drug-likeness (QED) is 0.736. The van der Waals surface area contributed by atoms with Crippen LogP contribution in [0, 0.1) is 6.92 Å². The van der Waals surface area contributed by atoms with Crippen molar-refractivity contribution in [3.63, 3.8) is 0 Å². The van der Waals surface area contributed by atoms with Gasteiger partial charge in [0.25, 0.3) is 5.91 Å². The van der Waals surface area contributed by atoms with Crippen LogP contribution in [0.25, 0.3) is 0 Å². The summed E-state index contributed by atoms with van der Waals surface area (Å²) in [4.78, 5) is 39.6. The Kier molecular flexibility index (Phi) is 6.95. The Balaban J connectivity index is 1.77. The minimum atomic E-state index is -0.465. The smallest absolute Gasteiger partial charge is 0.321 e. The normalized spacial score (nSPS) is 16.9. The van der Waals surface area contributed by atoms with Gasteiger partial charge in [-0.05, 0) is 45.7 Å². The van der Waals surface area contributed by atoms with Crippen molar-refractivity contribution in [1.29, 1.82) is 0 Å². The van der Waals surface area contributed by atoms with E-state index in [0.717, 1.165) is 22.6 Å². The first-order chi connectivity index (χ1) is 11.9. The molecule has 0 saturated carbocycles. The van der Waals surface area contributed by atoms with Gasteiger partial charge in [-0.3, -0.25) is 19.8 Å². The summed E-state index contributed by atoms with van der Waals surface area (Å²) in [5.41, 5.74) is 0. The number of imide groups is 1. The molecule has 3 N–H and O–H groups in total. The molecule has 0 bridgehead atoms. The lowest BCUT2D eigenvalue weighted by molar-refractivity contribution is -0.125. The SMILES string of the molecule is CCNC(=O)NC(=O)[C@H](C)N1CCC(NC(=O)c2ccc(C)s2)CC1. The number of piperidine rings is 1. The third-order valence-electron chi connectivity index (χ3n) is 4.33. The predicted molar refractivity (Wildman–Crippen MR) is 97.8 cm³/mol. The van der Waals surface area contributed by atoms with Crippen molar-refractivity contribution in [2.75, 3.05) is 19.6 Å². The summed E-state index contributed by atoms with van der Waals surface area (Å²) in [5.74, 6) is -0.332. The van der Waals surface area contributed by atoms with Gasteiger partial charge in [0.1, 0.15) is 0 Å². The van der Waals surface area contributed by atoms with Crippen molar-refractivity contribution < 1.29 is 14.4 Å². The molecule has 1 atom stereocenters. The van der Waals surface area contributed by atoms with Crippen molar-refractivity contribution in [1.82, 2.24) is 20.9 Å². The van der Waals surface area contributed by atoms with Crippen LogP contribution in [-0.4, -0.2) is 54.5 Å². The van der Waals surface area contributed by atoms with Crippen molar-refractivity contribution in [3.8, 4) is 0 Å². The maximum Gasteiger partial charge on any atom is 0.321 e. The molecule has 7 nitrogen and oxygen atoms in total.